The molecule has 4 aliphatic carbocycles. The molecule has 4 fully saturated rings. The molecule has 4 atom stereocenters. The zero-order valence-corrected chi connectivity index (χ0v) is 17.1. The molecule has 4 saturated carbocycles. The third kappa shape index (κ3) is 2.84. The van der Waals surface area contributed by atoms with Gasteiger partial charge in [0.2, 0.25) is 5.91 Å². The zero-order valence-electron chi connectivity index (χ0n) is 16.3. The summed E-state index contributed by atoms with van der Waals surface area (Å²) < 4.78 is 0. The average molecular weight is 381 g/mol. The minimum Gasteiger partial charge on any atom is -0.302 e. The highest BCUT2D eigenvalue weighted by Gasteiger charge is 2.59. The number of amides is 1. The lowest BCUT2D eigenvalue weighted by atomic mass is 9.42. The summed E-state index contributed by atoms with van der Waals surface area (Å²) in [5.74, 6) is 1.70. The molecule has 1 amide bonds. The van der Waals surface area contributed by atoms with E-state index in [1.54, 1.807) is 16.9 Å². The van der Waals surface area contributed by atoms with Gasteiger partial charge in [0.25, 0.3) is 0 Å². The minimum atomic E-state index is 0.0533. The van der Waals surface area contributed by atoms with Gasteiger partial charge in [0.1, 0.15) is 0 Å². The van der Waals surface area contributed by atoms with Gasteiger partial charge >= 0.3 is 0 Å². The second-order valence-corrected chi connectivity index (χ2v) is 10.2. The Bertz CT molecular complexity index is 855. The first-order valence-corrected chi connectivity index (χ1v) is 11.2. The largest absolute Gasteiger partial charge is 0.302 e. The van der Waals surface area contributed by atoms with Gasteiger partial charge in [-0.25, -0.2) is 4.98 Å². The number of aromatic nitrogens is 1. The van der Waals surface area contributed by atoms with Crippen LogP contribution in [-0.2, 0) is 15.6 Å². The van der Waals surface area contributed by atoms with Gasteiger partial charge < -0.3 is 5.32 Å². The van der Waals surface area contributed by atoms with E-state index >= 15 is 0 Å². The van der Waals surface area contributed by atoms with Crippen LogP contribution in [0.25, 0.3) is 0 Å². The number of nitrogens with one attached hydrogen (secondary N) is 1. The van der Waals surface area contributed by atoms with Gasteiger partial charge in [-0.2, -0.15) is 0 Å². The van der Waals surface area contributed by atoms with Gasteiger partial charge in [0.15, 0.2) is 5.13 Å². The number of carbonyl (C=O) groups is 1. The average Bonchev–Trinajstić information content (AvgIpc) is 3.10. The molecule has 2 unspecified atom stereocenters. The zero-order chi connectivity index (χ0) is 18.6. The molecule has 6 rings (SSSR count). The van der Waals surface area contributed by atoms with E-state index in [9.17, 15) is 4.79 Å². The summed E-state index contributed by atoms with van der Waals surface area (Å²) in [5.41, 5.74) is 4.66. The van der Waals surface area contributed by atoms with Crippen LogP contribution in [0.3, 0.4) is 0 Å². The molecule has 142 valence electrons. The highest BCUT2D eigenvalue weighted by molar-refractivity contribution is 7.13. The van der Waals surface area contributed by atoms with Gasteiger partial charge in [-0.1, -0.05) is 36.8 Å². The van der Waals surface area contributed by atoms with Crippen molar-refractivity contribution in [3.8, 4) is 0 Å². The van der Waals surface area contributed by atoms with Crippen LogP contribution < -0.4 is 5.32 Å². The van der Waals surface area contributed by atoms with Gasteiger partial charge in [0, 0.05) is 17.2 Å². The summed E-state index contributed by atoms with van der Waals surface area (Å²) in [4.78, 5) is 16.7. The van der Waals surface area contributed by atoms with Crippen molar-refractivity contribution >= 4 is 22.4 Å². The predicted octanol–water partition coefficient (Wildman–Crippen LogP) is 5.59. The lowest BCUT2D eigenvalue weighted by Crippen LogP contribution is -2.56. The summed E-state index contributed by atoms with van der Waals surface area (Å²) >= 11 is 1.60. The minimum absolute atomic E-state index is 0.0533. The second-order valence-electron chi connectivity index (χ2n) is 9.33. The fourth-order valence-corrected chi connectivity index (χ4v) is 7.44. The van der Waals surface area contributed by atoms with Crippen molar-refractivity contribution in [3.63, 3.8) is 0 Å². The van der Waals surface area contributed by atoms with Crippen molar-refractivity contribution in [3.05, 3.63) is 46.5 Å². The normalized spacial score (nSPS) is 34.0. The second kappa shape index (κ2) is 6.16. The molecular formula is C23H28N2OS. The van der Waals surface area contributed by atoms with E-state index in [2.05, 4.69) is 41.9 Å². The summed E-state index contributed by atoms with van der Waals surface area (Å²) in [5, 5.41) is 5.96. The van der Waals surface area contributed by atoms with Crippen LogP contribution in [-0.4, -0.2) is 10.9 Å². The highest BCUT2D eigenvalue weighted by Crippen LogP contribution is 2.66. The van der Waals surface area contributed by atoms with Crippen molar-refractivity contribution < 1.29 is 4.79 Å². The van der Waals surface area contributed by atoms with Crippen LogP contribution >= 0.6 is 11.3 Å². The van der Waals surface area contributed by atoms with E-state index in [1.165, 1.54) is 49.8 Å². The number of hydrogen-bond donors (Lipinski definition) is 1. The molecule has 4 heteroatoms. The first-order valence-electron chi connectivity index (χ1n) is 10.3. The van der Waals surface area contributed by atoms with Gasteiger partial charge in [0.05, 0.1) is 5.69 Å². The number of carbonyl (C=O) groups excluding carboxylic acids is 1. The first kappa shape index (κ1) is 17.4. The van der Waals surface area contributed by atoms with Crippen LogP contribution in [0.2, 0.25) is 0 Å². The SMILES string of the molecule is CCC(=O)Nc1nc(C23C[C@@H]4C[C@@H](CC(c5ccc(C)cc5)(C4)C2)C3)cs1. The molecule has 0 aliphatic heterocycles. The number of hydrogen-bond acceptors (Lipinski definition) is 3. The lowest BCUT2D eigenvalue weighted by molar-refractivity contribution is -0.115. The third-order valence-corrected chi connectivity index (χ3v) is 8.10. The Labute approximate surface area is 165 Å². The number of nitrogens with zero attached hydrogens (tertiary/aromatic N) is 1. The van der Waals surface area contributed by atoms with Crippen LogP contribution in [0.1, 0.15) is 68.7 Å². The van der Waals surface area contributed by atoms with Crippen LogP contribution in [0.5, 0.6) is 0 Å². The smallest absolute Gasteiger partial charge is 0.225 e. The number of rotatable bonds is 4. The number of thiazole rings is 1. The van der Waals surface area contributed by atoms with Gasteiger partial charge in [-0.15, -0.1) is 11.3 Å². The van der Waals surface area contributed by atoms with Gasteiger partial charge in [-0.3, -0.25) is 4.79 Å². The number of aryl methyl sites for hydroxylation is 1. The molecule has 1 N–H and O–H groups in total. The number of anilines is 1. The molecule has 4 aliphatic rings. The molecule has 3 nitrogen and oxygen atoms in total. The molecule has 0 spiro atoms. The summed E-state index contributed by atoms with van der Waals surface area (Å²) in [6.45, 7) is 4.06. The topological polar surface area (TPSA) is 42.0 Å². The maximum atomic E-state index is 11.8. The molecule has 0 radical (unpaired) electrons. The quantitative estimate of drug-likeness (QED) is 0.751. The molecule has 0 saturated heterocycles. The molecule has 1 aromatic heterocycles. The fraction of sp³-hybridized carbons (Fsp3) is 0.565. The molecular weight excluding hydrogens is 352 g/mol. The molecule has 27 heavy (non-hydrogen) atoms. The monoisotopic (exact) mass is 380 g/mol. The Morgan fingerprint density at radius 3 is 2.48 bits per heavy atom. The Morgan fingerprint density at radius 1 is 1.15 bits per heavy atom. The van der Waals surface area contributed by atoms with Crippen LogP contribution in [0, 0.1) is 18.8 Å². The molecule has 4 bridgehead atoms. The summed E-state index contributed by atoms with van der Waals surface area (Å²) in [6.07, 6.45) is 8.38. The van der Waals surface area contributed by atoms with E-state index in [0.29, 0.717) is 11.8 Å². The van der Waals surface area contributed by atoms with Crippen molar-refractivity contribution in [2.24, 2.45) is 11.8 Å². The Balaban J connectivity index is 1.50. The van der Waals surface area contributed by atoms with Gasteiger partial charge in [-0.05, 0) is 68.3 Å². The van der Waals surface area contributed by atoms with Crippen molar-refractivity contribution in [2.75, 3.05) is 5.32 Å². The van der Waals surface area contributed by atoms with Crippen molar-refractivity contribution in [1.29, 1.82) is 0 Å². The summed E-state index contributed by atoms with van der Waals surface area (Å²) in [6, 6.07) is 9.32. The Morgan fingerprint density at radius 2 is 1.81 bits per heavy atom. The molecule has 1 aromatic carbocycles. The van der Waals surface area contributed by atoms with E-state index in [1.807, 2.05) is 6.92 Å². The van der Waals surface area contributed by atoms with E-state index in [4.69, 9.17) is 4.98 Å². The summed E-state index contributed by atoms with van der Waals surface area (Å²) in [7, 11) is 0. The maximum absolute atomic E-state index is 11.8. The fourth-order valence-electron chi connectivity index (χ4n) is 6.59. The Kier molecular flexibility index (Phi) is 3.98. The van der Waals surface area contributed by atoms with Crippen molar-refractivity contribution in [1.82, 2.24) is 4.98 Å². The first-order chi connectivity index (χ1) is 13.0. The maximum Gasteiger partial charge on any atom is 0.225 e. The standard InChI is InChI=1S/C23H28N2OS/c1-3-20(26)25-21-24-19(13-27-21)23-11-16-8-17(12-23)10-22(9-16,14-23)18-6-4-15(2)5-7-18/h4-7,13,16-17H,3,8-12,14H2,1-2H3,(H,24,25,26)/t16-,17+,22?,23?. The highest BCUT2D eigenvalue weighted by atomic mass is 32.1. The van der Waals surface area contributed by atoms with Crippen molar-refractivity contribution in [2.45, 2.75) is 69.6 Å². The third-order valence-electron chi connectivity index (χ3n) is 7.34. The van der Waals surface area contributed by atoms with Crippen LogP contribution in [0.15, 0.2) is 29.6 Å². The molecule has 2 aromatic rings. The predicted molar refractivity (Wildman–Crippen MR) is 110 cm³/mol. The van der Waals surface area contributed by atoms with E-state index in [-0.39, 0.29) is 11.3 Å². The van der Waals surface area contributed by atoms with E-state index in [0.717, 1.165) is 17.0 Å². The Hall–Kier alpha value is -1.68. The van der Waals surface area contributed by atoms with E-state index < -0.39 is 0 Å². The van der Waals surface area contributed by atoms with Crippen LogP contribution in [0.4, 0.5) is 5.13 Å². The number of benzene rings is 1. The molecule has 1 heterocycles. The lowest BCUT2D eigenvalue weighted by Gasteiger charge is -2.62.